The highest BCUT2D eigenvalue weighted by Crippen LogP contribution is 2.33. The van der Waals surface area contributed by atoms with Gasteiger partial charge in [0.1, 0.15) is 10.7 Å². The number of nitrogens with zero attached hydrogens (tertiary/aromatic N) is 1. The molecule has 10 heteroatoms. The third-order valence-corrected chi connectivity index (χ3v) is 6.17. The van der Waals surface area contributed by atoms with E-state index >= 15 is 0 Å². The molecule has 2 rings (SSSR count). The van der Waals surface area contributed by atoms with Gasteiger partial charge < -0.3 is 16.4 Å². The summed E-state index contributed by atoms with van der Waals surface area (Å²) in [5.41, 5.74) is 6.41. The molecule has 0 radical (unpaired) electrons. The number of aryl methyl sites for hydroxylation is 1. The predicted molar refractivity (Wildman–Crippen MR) is 113 cm³/mol. The van der Waals surface area contributed by atoms with E-state index in [2.05, 4.69) is 15.6 Å². The molecule has 2 amide bonds. The Balaban J connectivity index is 1.95. The first-order valence-electron chi connectivity index (χ1n) is 9.76. The van der Waals surface area contributed by atoms with Crippen LogP contribution in [0.15, 0.2) is 16.3 Å². The highest BCUT2D eigenvalue weighted by molar-refractivity contribution is 7.16. The number of primary amides is 1. The van der Waals surface area contributed by atoms with Crippen molar-refractivity contribution in [3.05, 3.63) is 27.3 Å². The Morgan fingerprint density at radius 1 is 1.20 bits per heavy atom. The molecule has 1 aliphatic rings. The number of aliphatic imine (C=N–C) groups is 1. The van der Waals surface area contributed by atoms with E-state index in [0.29, 0.717) is 48.5 Å². The Morgan fingerprint density at radius 2 is 1.87 bits per heavy atom. The lowest BCUT2D eigenvalue weighted by Crippen LogP contribution is -2.30. The molecule has 0 spiro atoms. The van der Waals surface area contributed by atoms with Gasteiger partial charge in [-0.2, -0.15) is 13.2 Å². The number of amides is 2. The number of rotatable bonds is 8. The first kappa shape index (κ1) is 23.9. The van der Waals surface area contributed by atoms with Crippen molar-refractivity contribution in [2.75, 3.05) is 18.9 Å². The van der Waals surface area contributed by atoms with E-state index in [0.717, 1.165) is 23.9 Å². The fourth-order valence-electron chi connectivity index (χ4n) is 3.48. The maximum Gasteiger partial charge on any atom is 0.433 e. The average Bonchev–Trinajstić information content (AvgIpc) is 2.92. The first-order valence-corrected chi connectivity index (χ1v) is 10.6. The van der Waals surface area contributed by atoms with E-state index in [1.165, 1.54) is 11.3 Å². The van der Waals surface area contributed by atoms with Crippen LogP contribution in [0.2, 0.25) is 0 Å². The van der Waals surface area contributed by atoms with Crippen LogP contribution < -0.4 is 16.4 Å². The molecule has 0 aliphatic heterocycles. The molecule has 1 aliphatic carbocycles. The van der Waals surface area contributed by atoms with E-state index in [4.69, 9.17) is 5.73 Å². The van der Waals surface area contributed by atoms with Crippen molar-refractivity contribution in [1.82, 2.24) is 5.32 Å². The zero-order valence-electron chi connectivity index (χ0n) is 17.3. The molecule has 6 nitrogen and oxygen atoms in total. The molecule has 0 bridgehead atoms. The number of carbonyl (C=O) groups is 2. The number of alkyl halides is 3. The van der Waals surface area contributed by atoms with Crippen LogP contribution in [0.25, 0.3) is 0 Å². The summed E-state index contributed by atoms with van der Waals surface area (Å²) in [7, 11) is 1.15. The third-order valence-electron chi connectivity index (χ3n) is 5.05. The number of nitrogens with one attached hydrogen (secondary N) is 2. The van der Waals surface area contributed by atoms with Crippen LogP contribution in [0.4, 0.5) is 18.2 Å². The van der Waals surface area contributed by atoms with Crippen molar-refractivity contribution in [3.63, 3.8) is 0 Å². The van der Waals surface area contributed by atoms with Crippen molar-refractivity contribution in [1.29, 1.82) is 0 Å². The zero-order valence-corrected chi connectivity index (χ0v) is 18.1. The monoisotopic (exact) mass is 444 g/mol. The fourth-order valence-corrected chi connectivity index (χ4v) is 4.57. The van der Waals surface area contributed by atoms with Gasteiger partial charge in [-0.05, 0) is 51.5 Å². The van der Waals surface area contributed by atoms with Gasteiger partial charge in [-0.25, -0.2) is 0 Å². The number of hydrogen-bond donors (Lipinski definition) is 3. The lowest BCUT2D eigenvalue weighted by Gasteiger charge is -2.24. The molecule has 1 aromatic heterocycles. The van der Waals surface area contributed by atoms with Crippen molar-refractivity contribution >= 4 is 33.9 Å². The van der Waals surface area contributed by atoms with Gasteiger partial charge in [0.2, 0.25) is 5.91 Å². The van der Waals surface area contributed by atoms with Crippen LogP contribution in [0.5, 0.6) is 0 Å². The van der Waals surface area contributed by atoms with Crippen LogP contribution in [-0.2, 0) is 4.79 Å². The number of carbonyl (C=O) groups excluding carboxylic acids is 2. The van der Waals surface area contributed by atoms with Gasteiger partial charge in [0, 0.05) is 36.2 Å². The van der Waals surface area contributed by atoms with Crippen molar-refractivity contribution in [2.24, 2.45) is 10.7 Å². The Morgan fingerprint density at radius 3 is 2.47 bits per heavy atom. The van der Waals surface area contributed by atoms with E-state index in [1.54, 1.807) is 6.92 Å². The van der Waals surface area contributed by atoms with Crippen LogP contribution in [0.3, 0.4) is 0 Å². The standard InChI is InChI=1S/C20H27F3N4O2S/c1-11-12(2)30-19(16(11)18(24)29)27-15(28)9-6-10-26-14-8-5-4-7-13(14)17(25-3)20(21,22)23/h26H,4-10H2,1-3H3,(H2,24,29)(H,27,28). The molecular formula is C20H27F3N4O2S. The van der Waals surface area contributed by atoms with Crippen LogP contribution in [0, 0.1) is 13.8 Å². The lowest BCUT2D eigenvalue weighted by atomic mass is 9.92. The number of allylic oxidation sites excluding steroid dienone is 2. The maximum atomic E-state index is 13.2. The van der Waals surface area contributed by atoms with Crippen molar-refractivity contribution in [3.8, 4) is 0 Å². The molecule has 0 saturated heterocycles. The molecule has 0 aromatic carbocycles. The molecule has 1 heterocycles. The second kappa shape index (κ2) is 10.1. The van der Waals surface area contributed by atoms with Gasteiger partial charge in [0.25, 0.3) is 5.91 Å². The molecule has 0 atom stereocenters. The Hall–Kier alpha value is -2.36. The Labute approximate surface area is 177 Å². The molecule has 166 valence electrons. The van der Waals surface area contributed by atoms with Gasteiger partial charge >= 0.3 is 6.18 Å². The molecule has 0 fully saturated rings. The first-order chi connectivity index (χ1) is 14.1. The van der Waals surface area contributed by atoms with Crippen LogP contribution in [0.1, 0.15) is 59.3 Å². The number of halogens is 3. The number of nitrogens with two attached hydrogens (primary N) is 1. The van der Waals surface area contributed by atoms with Gasteiger partial charge in [-0.1, -0.05) is 0 Å². The van der Waals surface area contributed by atoms with E-state index < -0.39 is 17.8 Å². The SMILES string of the molecule is CN=C(C1=C(NCCCC(=O)Nc2sc(C)c(C)c2C(N)=O)CCCC1)C(F)(F)F. The zero-order chi connectivity index (χ0) is 22.5. The van der Waals surface area contributed by atoms with Crippen LogP contribution in [-0.4, -0.2) is 37.3 Å². The third kappa shape index (κ3) is 5.84. The highest BCUT2D eigenvalue weighted by Gasteiger charge is 2.39. The van der Waals surface area contributed by atoms with E-state index in [1.807, 2.05) is 6.92 Å². The summed E-state index contributed by atoms with van der Waals surface area (Å²) in [6, 6.07) is 0. The second-order valence-electron chi connectivity index (χ2n) is 7.16. The minimum absolute atomic E-state index is 0.164. The van der Waals surface area contributed by atoms with Crippen molar-refractivity contribution in [2.45, 2.75) is 58.5 Å². The number of thiophene rings is 1. The summed E-state index contributed by atoms with van der Waals surface area (Å²) >= 11 is 1.29. The topological polar surface area (TPSA) is 96.6 Å². The maximum absolute atomic E-state index is 13.2. The summed E-state index contributed by atoms with van der Waals surface area (Å²) < 4.78 is 39.7. The molecule has 0 unspecified atom stereocenters. The van der Waals surface area contributed by atoms with Crippen LogP contribution >= 0.6 is 11.3 Å². The lowest BCUT2D eigenvalue weighted by molar-refractivity contribution is -0.116. The fraction of sp³-hybridized carbons (Fsp3) is 0.550. The second-order valence-corrected chi connectivity index (χ2v) is 8.39. The Bertz CT molecular complexity index is 872. The number of hydrogen-bond acceptors (Lipinski definition) is 5. The van der Waals surface area contributed by atoms with E-state index in [-0.39, 0.29) is 17.9 Å². The quantitative estimate of drug-likeness (QED) is 0.413. The molecule has 1 aromatic rings. The van der Waals surface area contributed by atoms with Gasteiger partial charge in [0.05, 0.1) is 5.56 Å². The van der Waals surface area contributed by atoms with Gasteiger partial charge in [-0.3, -0.25) is 14.6 Å². The predicted octanol–water partition coefficient (Wildman–Crippen LogP) is 4.23. The number of anilines is 1. The molecule has 30 heavy (non-hydrogen) atoms. The summed E-state index contributed by atoms with van der Waals surface area (Å²) in [6.07, 6.45) is -1.51. The van der Waals surface area contributed by atoms with Gasteiger partial charge in [-0.15, -0.1) is 11.3 Å². The van der Waals surface area contributed by atoms with Crippen molar-refractivity contribution < 1.29 is 22.8 Å². The summed E-state index contributed by atoms with van der Waals surface area (Å²) in [5, 5.41) is 6.22. The van der Waals surface area contributed by atoms with E-state index in [9.17, 15) is 22.8 Å². The minimum atomic E-state index is -4.48. The normalized spacial score (nSPS) is 15.3. The summed E-state index contributed by atoms with van der Waals surface area (Å²) in [6.45, 7) is 3.98. The smallest absolute Gasteiger partial charge is 0.388 e. The molecule has 4 N–H and O–H groups in total. The average molecular weight is 445 g/mol. The summed E-state index contributed by atoms with van der Waals surface area (Å²) in [4.78, 5) is 28.2. The van der Waals surface area contributed by atoms with Gasteiger partial charge in [0.15, 0.2) is 0 Å². The minimum Gasteiger partial charge on any atom is -0.388 e. The molecule has 0 saturated carbocycles. The largest absolute Gasteiger partial charge is 0.433 e. The Kier molecular flexibility index (Phi) is 8.05. The highest BCUT2D eigenvalue weighted by atomic mass is 32.1. The molecular weight excluding hydrogens is 417 g/mol. The summed E-state index contributed by atoms with van der Waals surface area (Å²) in [5.74, 6) is -0.867.